The van der Waals surface area contributed by atoms with Crippen molar-refractivity contribution in [3.05, 3.63) is 0 Å². The molecule has 0 aliphatic heterocycles. The molecule has 0 saturated heterocycles. The summed E-state index contributed by atoms with van der Waals surface area (Å²) in [4.78, 5) is 9.95. The molecule has 0 radical (unpaired) electrons. The van der Waals surface area contributed by atoms with Crippen molar-refractivity contribution < 1.29 is 14.1 Å². The highest BCUT2D eigenvalue weighted by atomic mass is 31.2. The van der Waals surface area contributed by atoms with Crippen LogP contribution in [0.4, 0.5) is 0 Å². The minimum absolute atomic E-state index is 0.266. The first-order chi connectivity index (χ1) is 9.99. The summed E-state index contributed by atoms with van der Waals surface area (Å²) in [7, 11) is -3.51. The summed E-state index contributed by atoms with van der Waals surface area (Å²) >= 11 is 0. The van der Waals surface area contributed by atoms with E-state index in [0.29, 0.717) is 12.5 Å². The van der Waals surface area contributed by atoms with Gasteiger partial charge in [0.05, 0.1) is 6.16 Å². The van der Waals surface area contributed by atoms with Crippen LogP contribution in [0.25, 0.3) is 0 Å². The molecule has 128 valence electrons. The molecule has 0 amide bonds. The number of rotatable bonds is 14. The number of hydroxylamine groups is 1. The summed E-state index contributed by atoms with van der Waals surface area (Å²) in [6.07, 6.45) is 9.05. The van der Waals surface area contributed by atoms with Gasteiger partial charge in [0.1, 0.15) is 0 Å². The third-order valence-electron chi connectivity index (χ3n) is 4.15. The molecular weight excluding hydrogens is 285 g/mol. The third kappa shape index (κ3) is 11.3. The molecule has 3 unspecified atom stereocenters. The summed E-state index contributed by atoms with van der Waals surface area (Å²) in [5.41, 5.74) is 2.76. The molecule has 0 aromatic rings. The van der Waals surface area contributed by atoms with Crippen LogP contribution in [0.1, 0.15) is 79.1 Å². The Morgan fingerprint density at radius 3 is 2.00 bits per heavy atom. The summed E-state index contributed by atoms with van der Waals surface area (Å²) in [6, 6.07) is 0. The van der Waals surface area contributed by atoms with Crippen LogP contribution in [-0.4, -0.2) is 17.6 Å². The van der Waals surface area contributed by atoms with Crippen LogP contribution in [0.2, 0.25) is 0 Å². The number of nitrogens with one attached hydrogen (secondary N) is 1. The van der Waals surface area contributed by atoms with Gasteiger partial charge in [0.25, 0.3) is 0 Å². The molecule has 0 fully saturated rings. The molecule has 3 atom stereocenters. The first kappa shape index (κ1) is 21.1. The van der Waals surface area contributed by atoms with Crippen LogP contribution in [0, 0.1) is 11.8 Å². The van der Waals surface area contributed by atoms with Crippen LogP contribution in [0.15, 0.2) is 0 Å². The Kier molecular flexibility index (Phi) is 12.7. The van der Waals surface area contributed by atoms with Crippen molar-refractivity contribution in [2.24, 2.45) is 11.8 Å². The van der Waals surface area contributed by atoms with E-state index in [0.717, 1.165) is 38.5 Å². The van der Waals surface area contributed by atoms with Crippen LogP contribution in [-0.2, 0) is 9.19 Å². The van der Waals surface area contributed by atoms with Crippen molar-refractivity contribution in [1.82, 2.24) is 5.48 Å². The smallest absolute Gasteiger partial charge is 0.323 e. The molecule has 2 N–H and O–H groups in total. The van der Waals surface area contributed by atoms with Gasteiger partial charge < -0.3 is 4.89 Å². The first-order valence-electron chi connectivity index (χ1n) is 8.72. The Morgan fingerprint density at radius 2 is 1.52 bits per heavy atom. The second-order valence-electron chi connectivity index (χ2n) is 6.09. The van der Waals surface area contributed by atoms with Gasteiger partial charge in [-0.25, -0.2) is 4.62 Å². The largest absolute Gasteiger partial charge is 0.344 e. The molecule has 0 aromatic heterocycles. The fraction of sp³-hybridized carbons (Fsp3) is 1.00. The Bertz CT molecular complexity index is 287. The van der Waals surface area contributed by atoms with E-state index in [1.54, 1.807) is 0 Å². The zero-order valence-corrected chi connectivity index (χ0v) is 15.3. The van der Waals surface area contributed by atoms with E-state index in [1.165, 1.54) is 12.8 Å². The SMILES string of the molecule is CCCCC(CC)CNOP(=O)(O)CC(CC)CCCC. The summed E-state index contributed by atoms with van der Waals surface area (Å²) in [5.74, 6) is 0.802. The van der Waals surface area contributed by atoms with Gasteiger partial charge in [-0.1, -0.05) is 66.2 Å². The maximum Gasteiger partial charge on any atom is 0.344 e. The first-order valence-corrected chi connectivity index (χ1v) is 10.5. The normalized spacial score (nSPS) is 17.4. The molecule has 0 heterocycles. The van der Waals surface area contributed by atoms with E-state index in [-0.39, 0.29) is 12.1 Å². The number of unbranched alkanes of at least 4 members (excludes halogenated alkanes) is 2. The lowest BCUT2D eigenvalue weighted by atomic mass is 10.00. The molecule has 21 heavy (non-hydrogen) atoms. The van der Waals surface area contributed by atoms with Crippen LogP contribution < -0.4 is 5.48 Å². The average Bonchev–Trinajstić information content (AvgIpc) is 2.46. The van der Waals surface area contributed by atoms with E-state index in [2.05, 4.69) is 33.2 Å². The molecule has 0 aliphatic carbocycles. The van der Waals surface area contributed by atoms with Crippen molar-refractivity contribution >= 4 is 7.60 Å². The van der Waals surface area contributed by atoms with Gasteiger partial charge >= 0.3 is 7.60 Å². The molecule has 0 aromatic carbocycles. The highest BCUT2D eigenvalue weighted by Gasteiger charge is 2.25. The predicted octanol–water partition coefficient (Wildman–Crippen LogP) is 5.13. The van der Waals surface area contributed by atoms with E-state index >= 15 is 0 Å². The maximum absolute atomic E-state index is 12.1. The number of hydrogen-bond donors (Lipinski definition) is 2. The van der Waals surface area contributed by atoms with Crippen molar-refractivity contribution in [2.75, 3.05) is 12.7 Å². The van der Waals surface area contributed by atoms with Gasteiger partial charge in [0.15, 0.2) is 0 Å². The van der Waals surface area contributed by atoms with E-state index in [4.69, 9.17) is 4.62 Å². The van der Waals surface area contributed by atoms with E-state index in [1.807, 2.05) is 0 Å². The lowest BCUT2D eigenvalue weighted by Gasteiger charge is -2.20. The third-order valence-corrected chi connectivity index (χ3v) is 5.55. The van der Waals surface area contributed by atoms with Gasteiger partial charge in [0, 0.05) is 6.54 Å². The molecular formula is C16H36NO3P. The predicted molar refractivity (Wildman–Crippen MR) is 90.4 cm³/mol. The lowest BCUT2D eigenvalue weighted by molar-refractivity contribution is 0.145. The molecule has 0 aliphatic rings. The Labute approximate surface area is 131 Å². The van der Waals surface area contributed by atoms with Crippen molar-refractivity contribution in [3.8, 4) is 0 Å². The Hall–Kier alpha value is 0.110. The van der Waals surface area contributed by atoms with Crippen molar-refractivity contribution in [1.29, 1.82) is 0 Å². The van der Waals surface area contributed by atoms with Crippen molar-refractivity contribution in [3.63, 3.8) is 0 Å². The Balaban J connectivity index is 4.06. The summed E-state index contributed by atoms with van der Waals surface area (Å²) in [5, 5.41) is 0. The Morgan fingerprint density at radius 1 is 1.00 bits per heavy atom. The van der Waals surface area contributed by atoms with Gasteiger partial charge in [-0.05, 0) is 24.7 Å². The van der Waals surface area contributed by atoms with Crippen molar-refractivity contribution in [2.45, 2.75) is 79.1 Å². The molecule has 4 nitrogen and oxygen atoms in total. The minimum atomic E-state index is -3.51. The molecule has 0 rings (SSSR count). The molecule has 0 bridgehead atoms. The maximum atomic E-state index is 12.1. The summed E-state index contributed by atoms with van der Waals surface area (Å²) < 4.78 is 17.2. The second kappa shape index (κ2) is 12.6. The topological polar surface area (TPSA) is 58.6 Å². The molecule has 0 saturated carbocycles. The molecule has 0 spiro atoms. The monoisotopic (exact) mass is 321 g/mol. The summed E-state index contributed by atoms with van der Waals surface area (Å²) in [6.45, 7) is 9.21. The second-order valence-corrected chi connectivity index (χ2v) is 7.92. The van der Waals surface area contributed by atoms with Crippen LogP contribution in [0.5, 0.6) is 0 Å². The lowest BCUT2D eigenvalue weighted by Crippen LogP contribution is -2.23. The standard InChI is InChI=1S/C16H36NO3P/c1-5-9-11-15(7-3)13-17-20-21(18,19)14-16(8-4)12-10-6-2/h15-17H,5-14H2,1-4H3,(H,18,19). The fourth-order valence-electron chi connectivity index (χ4n) is 2.48. The average molecular weight is 321 g/mol. The number of hydrogen-bond acceptors (Lipinski definition) is 3. The van der Waals surface area contributed by atoms with Gasteiger partial charge in [-0.15, -0.1) is 0 Å². The van der Waals surface area contributed by atoms with Crippen LogP contribution >= 0.6 is 7.60 Å². The van der Waals surface area contributed by atoms with Crippen LogP contribution in [0.3, 0.4) is 0 Å². The van der Waals surface area contributed by atoms with Gasteiger partial charge in [-0.3, -0.25) is 4.57 Å². The highest BCUT2D eigenvalue weighted by Crippen LogP contribution is 2.44. The zero-order chi connectivity index (χ0) is 16.1. The van der Waals surface area contributed by atoms with E-state index < -0.39 is 7.60 Å². The minimum Gasteiger partial charge on any atom is -0.323 e. The highest BCUT2D eigenvalue weighted by molar-refractivity contribution is 7.52. The quantitative estimate of drug-likeness (QED) is 0.344. The zero-order valence-electron chi connectivity index (χ0n) is 14.4. The fourth-order valence-corrected chi connectivity index (χ4v) is 3.92. The van der Waals surface area contributed by atoms with Gasteiger partial charge in [0.2, 0.25) is 0 Å². The van der Waals surface area contributed by atoms with E-state index in [9.17, 15) is 9.46 Å². The van der Waals surface area contributed by atoms with Gasteiger partial charge in [-0.2, -0.15) is 5.48 Å². The molecule has 5 heteroatoms.